The minimum Gasteiger partial charge on any atom is -0.493 e. The molecule has 0 unspecified atom stereocenters. The Balaban J connectivity index is 1.64. The van der Waals surface area contributed by atoms with Gasteiger partial charge >= 0.3 is 6.03 Å². The number of piperidine rings is 1. The minimum atomic E-state index is -1.16. The van der Waals surface area contributed by atoms with Crippen LogP contribution in [0.4, 0.5) is 13.6 Å². The second-order valence-corrected chi connectivity index (χ2v) is 8.34. The van der Waals surface area contributed by atoms with Crippen molar-refractivity contribution in [2.24, 2.45) is 5.92 Å². The molecule has 168 valence electrons. The van der Waals surface area contributed by atoms with E-state index >= 15 is 0 Å². The molecular formula is C24H31F2N3O2. The molecule has 0 radical (unpaired) electrons. The zero-order valence-electron chi connectivity index (χ0n) is 18.1. The fourth-order valence-electron chi connectivity index (χ4n) is 3.53. The summed E-state index contributed by atoms with van der Waals surface area (Å²) in [6.07, 6.45) is -0.630. The van der Waals surface area contributed by atoms with Crippen molar-refractivity contribution in [3.8, 4) is 5.75 Å². The molecule has 1 aliphatic rings. The predicted molar refractivity (Wildman–Crippen MR) is 117 cm³/mol. The van der Waals surface area contributed by atoms with Crippen molar-refractivity contribution in [2.45, 2.75) is 45.6 Å². The zero-order valence-corrected chi connectivity index (χ0v) is 18.1. The van der Waals surface area contributed by atoms with Gasteiger partial charge < -0.3 is 20.3 Å². The summed E-state index contributed by atoms with van der Waals surface area (Å²) < 4.78 is 33.5. The summed E-state index contributed by atoms with van der Waals surface area (Å²) >= 11 is 0. The second-order valence-electron chi connectivity index (χ2n) is 8.34. The first-order valence-electron chi connectivity index (χ1n) is 10.8. The van der Waals surface area contributed by atoms with E-state index in [9.17, 15) is 13.6 Å². The molecule has 31 heavy (non-hydrogen) atoms. The van der Waals surface area contributed by atoms with E-state index < -0.39 is 12.2 Å². The quantitative estimate of drug-likeness (QED) is 0.656. The van der Waals surface area contributed by atoms with Crippen LogP contribution in [0.3, 0.4) is 0 Å². The van der Waals surface area contributed by atoms with E-state index in [1.54, 1.807) is 12.1 Å². The lowest BCUT2D eigenvalue weighted by molar-refractivity contribution is 0.0971. The molecule has 0 bridgehead atoms. The van der Waals surface area contributed by atoms with Crippen molar-refractivity contribution in [1.82, 2.24) is 15.5 Å². The van der Waals surface area contributed by atoms with Gasteiger partial charge in [0.1, 0.15) is 17.7 Å². The molecule has 2 N–H and O–H groups in total. The van der Waals surface area contributed by atoms with Crippen LogP contribution in [0, 0.1) is 11.7 Å². The van der Waals surface area contributed by atoms with Crippen molar-refractivity contribution in [3.05, 3.63) is 65.5 Å². The molecule has 7 heteroatoms. The average molecular weight is 432 g/mol. The van der Waals surface area contributed by atoms with Crippen LogP contribution in [-0.2, 0) is 13.1 Å². The number of nitrogens with one attached hydrogen (secondary N) is 2. The number of halogens is 2. The Kier molecular flexibility index (Phi) is 8.23. The first-order chi connectivity index (χ1) is 14.9. The molecule has 2 amide bonds. The van der Waals surface area contributed by atoms with Crippen molar-refractivity contribution in [3.63, 3.8) is 0 Å². The van der Waals surface area contributed by atoms with Crippen LogP contribution in [0.25, 0.3) is 0 Å². The van der Waals surface area contributed by atoms with Crippen molar-refractivity contribution < 1.29 is 18.3 Å². The maximum Gasteiger partial charge on any atom is 0.318 e. The van der Waals surface area contributed by atoms with E-state index in [0.717, 1.165) is 16.9 Å². The second kappa shape index (κ2) is 11.1. The molecule has 0 aliphatic carbocycles. The molecule has 0 aromatic heterocycles. The lowest BCUT2D eigenvalue weighted by Crippen LogP contribution is -2.55. The average Bonchev–Trinajstić information content (AvgIpc) is 2.77. The molecule has 0 spiro atoms. The van der Waals surface area contributed by atoms with Gasteiger partial charge in [0.2, 0.25) is 0 Å². The third-order valence-electron chi connectivity index (χ3n) is 5.25. The summed E-state index contributed by atoms with van der Waals surface area (Å²) in [4.78, 5) is 14.5. The highest BCUT2D eigenvalue weighted by molar-refractivity contribution is 5.74. The first kappa shape index (κ1) is 23.0. The molecule has 3 rings (SSSR count). The normalized spacial score (nSPS) is 18.6. The predicted octanol–water partition coefficient (Wildman–Crippen LogP) is 4.27. The monoisotopic (exact) mass is 431 g/mol. The van der Waals surface area contributed by atoms with Crippen LogP contribution in [0.2, 0.25) is 0 Å². The van der Waals surface area contributed by atoms with Gasteiger partial charge in [-0.3, -0.25) is 0 Å². The number of carbonyl (C=O) groups is 1. The van der Waals surface area contributed by atoms with Gasteiger partial charge in [-0.15, -0.1) is 0 Å². The fourth-order valence-corrected chi connectivity index (χ4v) is 3.53. The number of nitrogens with zero attached hydrogens (tertiary/aromatic N) is 1. The highest BCUT2D eigenvalue weighted by atomic mass is 19.1. The van der Waals surface area contributed by atoms with Gasteiger partial charge in [-0.1, -0.05) is 38.1 Å². The van der Waals surface area contributed by atoms with Crippen LogP contribution in [-0.4, -0.2) is 42.8 Å². The SMILES string of the molecule is CC(C)COc1ccc(CNC(=O)N(Cc2ccc(F)cc2)[C@@H]2CCNC[C@@H]2F)cc1. The van der Waals surface area contributed by atoms with Crippen LogP contribution in [0.1, 0.15) is 31.4 Å². The van der Waals surface area contributed by atoms with Gasteiger partial charge in [0.15, 0.2) is 0 Å². The Bertz CT molecular complexity index is 828. The number of amides is 2. The highest BCUT2D eigenvalue weighted by Crippen LogP contribution is 2.19. The third-order valence-corrected chi connectivity index (χ3v) is 5.25. The minimum absolute atomic E-state index is 0.218. The van der Waals surface area contributed by atoms with Crippen LogP contribution >= 0.6 is 0 Å². The Morgan fingerprint density at radius 2 is 1.84 bits per heavy atom. The standard InChI is InChI=1S/C24H31F2N3O2/c1-17(2)16-31-21-9-5-18(6-10-21)13-28-24(30)29(23-11-12-27-14-22(23)26)15-19-3-7-20(25)8-4-19/h3-10,17,22-23,27H,11-16H2,1-2H3,(H,28,30)/t22-,23+/m0/s1. The Morgan fingerprint density at radius 1 is 1.16 bits per heavy atom. The van der Waals surface area contributed by atoms with Crippen molar-refractivity contribution >= 4 is 6.03 Å². The van der Waals surface area contributed by atoms with Crippen LogP contribution in [0.5, 0.6) is 5.75 Å². The van der Waals surface area contributed by atoms with Crippen molar-refractivity contribution in [1.29, 1.82) is 0 Å². The number of benzene rings is 2. The topological polar surface area (TPSA) is 53.6 Å². The Hall–Kier alpha value is -2.67. The number of ether oxygens (including phenoxy) is 1. The lowest BCUT2D eigenvalue weighted by Gasteiger charge is -2.37. The highest BCUT2D eigenvalue weighted by Gasteiger charge is 2.33. The lowest BCUT2D eigenvalue weighted by atomic mass is 10.0. The summed E-state index contributed by atoms with van der Waals surface area (Å²) in [5.74, 6) is 0.892. The molecule has 1 fully saturated rings. The largest absolute Gasteiger partial charge is 0.493 e. The summed E-state index contributed by atoms with van der Waals surface area (Å²) in [6, 6.07) is 12.7. The van der Waals surface area contributed by atoms with Crippen molar-refractivity contribution in [2.75, 3.05) is 19.7 Å². The third kappa shape index (κ3) is 6.92. The maximum atomic E-state index is 14.6. The molecule has 1 aliphatic heterocycles. The number of urea groups is 1. The Labute approximate surface area is 182 Å². The van der Waals surface area contributed by atoms with Gasteiger partial charge in [0.25, 0.3) is 0 Å². The Morgan fingerprint density at radius 3 is 2.48 bits per heavy atom. The summed E-state index contributed by atoms with van der Waals surface area (Å²) in [7, 11) is 0. The summed E-state index contributed by atoms with van der Waals surface area (Å²) in [5, 5.41) is 5.92. The summed E-state index contributed by atoms with van der Waals surface area (Å²) in [6.45, 7) is 6.24. The number of rotatable bonds is 8. The van der Waals surface area contributed by atoms with E-state index in [2.05, 4.69) is 24.5 Å². The molecule has 1 heterocycles. The van der Waals surface area contributed by atoms with E-state index in [1.807, 2.05) is 24.3 Å². The fraction of sp³-hybridized carbons (Fsp3) is 0.458. The number of carbonyl (C=O) groups excluding carboxylic acids is 1. The van der Waals surface area contributed by atoms with Gasteiger partial charge in [-0.25, -0.2) is 13.6 Å². The summed E-state index contributed by atoms with van der Waals surface area (Å²) in [5.41, 5.74) is 1.68. The van der Waals surface area contributed by atoms with Gasteiger partial charge in [0, 0.05) is 19.6 Å². The van der Waals surface area contributed by atoms with Gasteiger partial charge in [-0.05, 0) is 54.3 Å². The molecular weight excluding hydrogens is 400 g/mol. The van der Waals surface area contributed by atoms with Crippen LogP contribution < -0.4 is 15.4 Å². The number of hydrogen-bond donors (Lipinski definition) is 2. The van der Waals surface area contributed by atoms with E-state index in [1.165, 1.54) is 17.0 Å². The van der Waals surface area contributed by atoms with E-state index in [0.29, 0.717) is 32.0 Å². The van der Waals surface area contributed by atoms with Crippen LogP contribution in [0.15, 0.2) is 48.5 Å². The molecule has 2 aromatic carbocycles. The molecule has 2 aromatic rings. The molecule has 2 atom stereocenters. The number of alkyl halides is 1. The smallest absolute Gasteiger partial charge is 0.318 e. The molecule has 1 saturated heterocycles. The van der Waals surface area contributed by atoms with Gasteiger partial charge in [0.05, 0.1) is 12.6 Å². The van der Waals surface area contributed by atoms with Gasteiger partial charge in [-0.2, -0.15) is 0 Å². The molecule has 0 saturated carbocycles. The van der Waals surface area contributed by atoms with E-state index in [-0.39, 0.29) is 24.9 Å². The zero-order chi connectivity index (χ0) is 22.2. The van der Waals surface area contributed by atoms with E-state index in [4.69, 9.17) is 4.74 Å². The number of hydrogen-bond acceptors (Lipinski definition) is 3. The maximum absolute atomic E-state index is 14.6. The molecule has 5 nitrogen and oxygen atoms in total. The first-order valence-corrected chi connectivity index (χ1v) is 10.8.